The topological polar surface area (TPSA) is 95.9 Å². The third-order valence-corrected chi connectivity index (χ3v) is 2.40. The number of aryl methyl sites for hydroxylation is 1. The van der Waals surface area contributed by atoms with Gasteiger partial charge in [-0.25, -0.2) is 0 Å². The van der Waals surface area contributed by atoms with Crippen LogP contribution >= 0.6 is 0 Å². The molecule has 1 aromatic rings. The van der Waals surface area contributed by atoms with E-state index in [4.69, 9.17) is 16.0 Å². The number of alkyl halides is 3. The van der Waals surface area contributed by atoms with Crippen LogP contribution in [0.1, 0.15) is 23.1 Å². The van der Waals surface area contributed by atoms with Crippen molar-refractivity contribution in [2.24, 2.45) is 10.9 Å². The minimum Gasteiger partial charge on any atom is -0.481 e. The maximum absolute atomic E-state index is 12.8. The first-order valence-electron chi connectivity index (χ1n) is 5.15. The predicted octanol–water partition coefficient (Wildman–Crippen LogP) is 1.82. The van der Waals surface area contributed by atoms with Crippen molar-refractivity contribution < 1.29 is 28.3 Å². The van der Waals surface area contributed by atoms with Crippen LogP contribution in [-0.2, 0) is 17.4 Å². The van der Waals surface area contributed by atoms with Gasteiger partial charge in [0.05, 0.1) is 5.56 Å². The monoisotopic (exact) mass is 276 g/mol. The maximum Gasteiger partial charge on any atom is 0.417 e. The molecule has 8 heteroatoms. The van der Waals surface area contributed by atoms with Crippen LogP contribution in [0.15, 0.2) is 23.4 Å². The van der Waals surface area contributed by atoms with Gasteiger partial charge >= 0.3 is 12.1 Å². The number of carboxylic acid groups (broad SMARTS) is 1. The van der Waals surface area contributed by atoms with Crippen molar-refractivity contribution in [1.29, 1.82) is 0 Å². The highest BCUT2D eigenvalue weighted by Crippen LogP contribution is 2.32. The van der Waals surface area contributed by atoms with Crippen molar-refractivity contribution in [2.45, 2.75) is 19.0 Å². The Morgan fingerprint density at radius 3 is 2.47 bits per heavy atom. The zero-order valence-corrected chi connectivity index (χ0v) is 9.61. The van der Waals surface area contributed by atoms with Crippen molar-refractivity contribution in [3.8, 4) is 0 Å². The van der Waals surface area contributed by atoms with Gasteiger partial charge in [-0.3, -0.25) is 4.79 Å². The van der Waals surface area contributed by atoms with Gasteiger partial charge in [-0.15, -0.1) is 0 Å². The normalized spacial score (nSPS) is 12.5. The molecule has 0 heterocycles. The van der Waals surface area contributed by atoms with Gasteiger partial charge in [0.15, 0.2) is 5.84 Å². The van der Waals surface area contributed by atoms with Gasteiger partial charge < -0.3 is 16.0 Å². The molecule has 0 atom stereocenters. The number of carboxylic acids is 1. The number of aliphatic carboxylic acids is 1. The minimum absolute atomic E-state index is 0.0329. The van der Waals surface area contributed by atoms with Crippen LogP contribution in [0.2, 0.25) is 0 Å². The molecule has 0 radical (unpaired) electrons. The smallest absolute Gasteiger partial charge is 0.417 e. The average molecular weight is 276 g/mol. The number of nitrogens with two attached hydrogens (primary N) is 1. The van der Waals surface area contributed by atoms with E-state index in [1.807, 2.05) is 0 Å². The second kappa shape index (κ2) is 5.59. The van der Waals surface area contributed by atoms with E-state index in [0.29, 0.717) is 0 Å². The van der Waals surface area contributed by atoms with Crippen LogP contribution in [0.5, 0.6) is 0 Å². The molecule has 0 amide bonds. The van der Waals surface area contributed by atoms with Gasteiger partial charge in [0.25, 0.3) is 0 Å². The standard InChI is InChI=1S/C11H11F3N2O3/c12-11(13,14)8-5-6(2-4-9(17)18)1-3-7(8)10(15)16-19/h1,3,5,19H,2,4H2,(H2,15,16)(H,17,18). The van der Waals surface area contributed by atoms with E-state index in [1.165, 1.54) is 6.07 Å². The zero-order valence-electron chi connectivity index (χ0n) is 9.61. The number of rotatable bonds is 4. The van der Waals surface area contributed by atoms with Gasteiger partial charge in [0.1, 0.15) is 0 Å². The summed E-state index contributed by atoms with van der Waals surface area (Å²) in [5.41, 5.74) is 3.87. The molecule has 0 spiro atoms. The SMILES string of the molecule is NC(=NO)c1ccc(CCC(=O)O)cc1C(F)(F)F. The number of hydrogen-bond acceptors (Lipinski definition) is 3. The molecule has 0 aliphatic carbocycles. The Labute approximate surface area is 106 Å². The molecule has 19 heavy (non-hydrogen) atoms. The fourth-order valence-corrected chi connectivity index (χ4v) is 1.51. The van der Waals surface area contributed by atoms with Crippen molar-refractivity contribution in [3.05, 3.63) is 34.9 Å². The number of nitrogens with zero attached hydrogens (tertiary/aromatic N) is 1. The molecule has 0 bridgehead atoms. The number of amidine groups is 1. The van der Waals surface area contributed by atoms with E-state index in [1.54, 1.807) is 0 Å². The van der Waals surface area contributed by atoms with Gasteiger partial charge in [-0.05, 0) is 18.1 Å². The molecule has 0 aliphatic rings. The summed E-state index contributed by atoms with van der Waals surface area (Å²) < 4.78 is 38.4. The first kappa shape index (κ1) is 14.8. The highest BCUT2D eigenvalue weighted by molar-refractivity contribution is 5.98. The zero-order chi connectivity index (χ0) is 14.6. The van der Waals surface area contributed by atoms with Crippen LogP contribution in [0.25, 0.3) is 0 Å². The second-order valence-electron chi connectivity index (χ2n) is 3.76. The Morgan fingerprint density at radius 2 is 2.00 bits per heavy atom. The molecule has 0 aromatic heterocycles. The van der Waals surface area contributed by atoms with Gasteiger partial charge in [0.2, 0.25) is 0 Å². The van der Waals surface area contributed by atoms with Gasteiger partial charge in [0, 0.05) is 12.0 Å². The number of benzene rings is 1. The lowest BCUT2D eigenvalue weighted by Gasteiger charge is -2.13. The Morgan fingerprint density at radius 1 is 1.37 bits per heavy atom. The van der Waals surface area contributed by atoms with E-state index in [2.05, 4.69) is 5.16 Å². The molecule has 4 N–H and O–H groups in total. The maximum atomic E-state index is 12.8. The number of hydrogen-bond donors (Lipinski definition) is 3. The van der Waals surface area contributed by atoms with E-state index in [0.717, 1.165) is 12.1 Å². The van der Waals surface area contributed by atoms with Crippen molar-refractivity contribution in [2.75, 3.05) is 0 Å². The predicted molar refractivity (Wildman–Crippen MR) is 59.9 cm³/mol. The molecule has 0 saturated heterocycles. The average Bonchev–Trinajstić information content (AvgIpc) is 2.34. The summed E-state index contributed by atoms with van der Waals surface area (Å²) in [6, 6.07) is 3.16. The summed E-state index contributed by atoms with van der Waals surface area (Å²) in [4.78, 5) is 10.4. The van der Waals surface area contributed by atoms with E-state index in [-0.39, 0.29) is 18.4 Å². The largest absolute Gasteiger partial charge is 0.481 e. The summed E-state index contributed by atoms with van der Waals surface area (Å²) in [5.74, 6) is -1.76. The van der Waals surface area contributed by atoms with Crippen LogP contribution in [0.4, 0.5) is 13.2 Å². The molecule has 0 unspecified atom stereocenters. The highest BCUT2D eigenvalue weighted by atomic mass is 19.4. The van der Waals surface area contributed by atoms with Crippen LogP contribution in [-0.4, -0.2) is 22.1 Å². The van der Waals surface area contributed by atoms with Crippen molar-refractivity contribution in [1.82, 2.24) is 0 Å². The van der Waals surface area contributed by atoms with Crippen molar-refractivity contribution >= 4 is 11.8 Å². The quantitative estimate of drug-likeness (QED) is 0.338. The van der Waals surface area contributed by atoms with E-state index < -0.39 is 29.1 Å². The van der Waals surface area contributed by atoms with E-state index in [9.17, 15) is 18.0 Å². The number of halogens is 3. The molecule has 0 fully saturated rings. The van der Waals surface area contributed by atoms with E-state index >= 15 is 0 Å². The lowest BCUT2D eigenvalue weighted by atomic mass is 10.00. The minimum atomic E-state index is -4.68. The Bertz CT molecular complexity index is 512. The second-order valence-corrected chi connectivity index (χ2v) is 3.76. The molecule has 1 rings (SSSR count). The van der Waals surface area contributed by atoms with Crippen LogP contribution in [0, 0.1) is 0 Å². The highest BCUT2D eigenvalue weighted by Gasteiger charge is 2.34. The van der Waals surface area contributed by atoms with Gasteiger partial charge in [-0.1, -0.05) is 17.3 Å². The third-order valence-electron chi connectivity index (χ3n) is 2.40. The summed E-state index contributed by atoms with van der Waals surface area (Å²) in [6.45, 7) is 0. The van der Waals surface area contributed by atoms with Crippen LogP contribution in [0.3, 0.4) is 0 Å². The van der Waals surface area contributed by atoms with Crippen molar-refractivity contribution in [3.63, 3.8) is 0 Å². The molecular formula is C11H11F3N2O3. The first-order valence-corrected chi connectivity index (χ1v) is 5.15. The van der Waals surface area contributed by atoms with Crippen LogP contribution < -0.4 is 5.73 Å². The lowest BCUT2D eigenvalue weighted by molar-refractivity contribution is -0.138. The molecule has 5 nitrogen and oxygen atoms in total. The molecular weight excluding hydrogens is 265 g/mol. The molecule has 0 saturated carbocycles. The molecule has 104 valence electrons. The Balaban J connectivity index is 3.20. The summed E-state index contributed by atoms with van der Waals surface area (Å²) in [7, 11) is 0. The third kappa shape index (κ3) is 3.87. The Kier molecular flexibility index (Phi) is 4.36. The fourth-order valence-electron chi connectivity index (χ4n) is 1.51. The first-order chi connectivity index (χ1) is 8.75. The van der Waals surface area contributed by atoms with Gasteiger partial charge in [-0.2, -0.15) is 13.2 Å². The Hall–Kier alpha value is -2.25. The number of oxime groups is 1. The number of carbonyl (C=O) groups is 1. The lowest BCUT2D eigenvalue weighted by Crippen LogP contribution is -2.20. The summed E-state index contributed by atoms with van der Waals surface area (Å²) in [6.07, 6.45) is -4.99. The molecule has 0 aliphatic heterocycles. The fraction of sp³-hybridized carbons (Fsp3) is 0.273. The summed E-state index contributed by atoms with van der Waals surface area (Å²) >= 11 is 0. The molecule has 1 aromatic carbocycles. The summed E-state index contributed by atoms with van der Waals surface area (Å²) in [5, 5.41) is 19.5.